The Balaban J connectivity index is 2.35. The SMILES string of the molecule is CS(=O)(=O)c1ccc(N)c(S(=O)(=O)NCc2ncon2)c1. The average molecular weight is 332 g/mol. The van der Waals surface area contributed by atoms with Gasteiger partial charge >= 0.3 is 0 Å². The van der Waals surface area contributed by atoms with Crippen LogP contribution in [0.4, 0.5) is 5.69 Å². The molecule has 0 aliphatic carbocycles. The van der Waals surface area contributed by atoms with Crippen molar-refractivity contribution >= 4 is 25.5 Å². The molecule has 2 aromatic rings. The zero-order chi connectivity index (χ0) is 15.7. The van der Waals surface area contributed by atoms with Crippen molar-refractivity contribution < 1.29 is 21.4 Å². The van der Waals surface area contributed by atoms with Crippen molar-refractivity contribution in [3.05, 3.63) is 30.4 Å². The minimum Gasteiger partial charge on any atom is -0.398 e. The van der Waals surface area contributed by atoms with Gasteiger partial charge < -0.3 is 10.3 Å². The Kier molecular flexibility index (Phi) is 3.98. The molecule has 0 bridgehead atoms. The largest absolute Gasteiger partial charge is 0.398 e. The van der Waals surface area contributed by atoms with E-state index in [1.165, 1.54) is 12.1 Å². The monoisotopic (exact) mass is 332 g/mol. The third-order valence-electron chi connectivity index (χ3n) is 2.53. The van der Waals surface area contributed by atoms with E-state index in [0.29, 0.717) is 0 Å². The minimum absolute atomic E-state index is 0.0667. The molecule has 0 aliphatic heterocycles. The van der Waals surface area contributed by atoms with Gasteiger partial charge in [-0.2, -0.15) is 4.98 Å². The number of nitrogen functional groups attached to an aromatic ring is 1. The molecule has 0 radical (unpaired) electrons. The summed E-state index contributed by atoms with van der Waals surface area (Å²) in [6.45, 7) is -0.207. The molecule has 0 fully saturated rings. The lowest BCUT2D eigenvalue weighted by Crippen LogP contribution is -2.25. The fourth-order valence-electron chi connectivity index (χ4n) is 1.49. The second-order valence-corrected chi connectivity index (χ2v) is 7.89. The van der Waals surface area contributed by atoms with Gasteiger partial charge in [-0.25, -0.2) is 21.6 Å². The summed E-state index contributed by atoms with van der Waals surface area (Å²) < 4.78 is 54.0. The van der Waals surface area contributed by atoms with Crippen molar-refractivity contribution in [2.75, 3.05) is 12.0 Å². The molecule has 0 aliphatic rings. The summed E-state index contributed by atoms with van der Waals surface area (Å²) in [7, 11) is -7.56. The van der Waals surface area contributed by atoms with E-state index >= 15 is 0 Å². The summed E-state index contributed by atoms with van der Waals surface area (Å²) in [5.74, 6) is 0.136. The lowest BCUT2D eigenvalue weighted by atomic mass is 10.3. The van der Waals surface area contributed by atoms with E-state index in [1.54, 1.807) is 0 Å². The van der Waals surface area contributed by atoms with E-state index in [9.17, 15) is 16.8 Å². The van der Waals surface area contributed by atoms with Crippen LogP contribution in [0.3, 0.4) is 0 Å². The second-order valence-electron chi connectivity index (χ2n) is 4.14. The van der Waals surface area contributed by atoms with Gasteiger partial charge in [-0.1, -0.05) is 5.16 Å². The standard InChI is InChI=1S/C10H12N4O5S2/c1-20(15,16)7-2-3-8(11)9(4-7)21(17,18)13-5-10-12-6-19-14-10/h2-4,6,13H,5,11H2,1H3. The highest BCUT2D eigenvalue weighted by atomic mass is 32.2. The van der Waals surface area contributed by atoms with Gasteiger partial charge in [-0.05, 0) is 18.2 Å². The molecule has 0 atom stereocenters. The molecule has 1 heterocycles. The number of aromatic nitrogens is 2. The van der Waals surface area contributed by atoms with Gasteiger partial charge in [-0.15, -0.1) is 0 Å². The maximum atomic E-state index is 12.2. The van der Waals surface area contributed by atoms with Crippen LogP contribution in [-0.4, -0.2) is 33.2 Å². The summed E-state index contributed by atoms with van der Waals surface area (Å²) in [5.41, 5.74) is 5.54. The summed E-state index contributed by atoms with van der Waals surface area (Å²) in [6, 6.07) is 3.46. The molecule has 2 rings (SSSR count). The molecule has 3 N–H and O–H groups in total. The Hall–Kier alpha value is -1.98. The number of sulfone groups is 1. The highest BCUT2D eigenvalue weighted by Crippen LogP contribution is 2.22. The summed E-state index contributed by atoms with van der Waals surface area (Å²) in [5, 5.41) is 3.45. The van der Waals surface area contributed by atoms with Crippen LogP contribution in [0.2, 0.25) is 0 Å². The van der Waals surface area contributed by atoms with Crippen LogP contribution in [0.15, 0.2) is 38.9 Å². The van der Waals surface area contributed by atoms with Gasteiger partial charge in [0.25, 0.3) is 0 Å². The number of hydrogen-bond acceptors (Lipinski definition) is 8. The predicted molar refractivity (Wildman–Crippen MR) is 72.3 cm³/mol. The van der Waals surface area contributed by atoms with Crippen LogP contribution in [0, 0.1) is 0 Å². The Labute approximate surface area is 121 Å². The fourth-order valence-corrected chi connectivity index (χ4v) is 3.34. The molecule has 21 heavy (non-hydrogen) atoms. The smallest absolute Gasteiger partial charge is 0.243 e. The van der Waals surface area contributed by atoms with Crippen molar-refractivity contribution in [3.8, 4) is 0 Å². The van der Waals surface area contributed by atoms with Crippen LogP contribution in [0.5, 0.6) is 0 Å². The first kappa shape index (κ1) is 15.4. The Bertz CT molecular complexity index is 844. The van der Waals surface area contributed by atoms with E-state index in [1.807, 2.05) is 0 Å². The van der Waals surface area contributed by atoms with Crippen LogP contribution >= 0.6 is 0 Å². The fraction of sp³-hybridized carbons (Fsp3) is 0.200. The molecule has 11 heteroatoms. The molecule has 0 unspecified atom stereocenters. The highest BCUT2D eigenvalue weighted by Gasteiger charge is 2.20. The van der Waals surface area contributed by atoms with Gasteiger partial charge in [0.1, 0.15) is 4.90 Å². The van der Waals surface area contributed by atoms with Crippen LogP contribution in [0.25, 0.3) is 0 Å². The zero-order valence-corrected chi connectivity index (χ0v) is 12.5. The van der Waals surface area contributed by atoms with Gasteiger partial charge in [-0.3, -0.25) is 0 Å². The highest BCUT2D eigenvalue weighted by molar-refractivity contribution is 7.91. The molecule has 0 spiro atoms. The number of nitrogens with two attached hydrogens (primary N) is 1. The third kappa shape index (κ3) is 3.56. The minimum atomic E-state index is -4.01. The Morgan fingerprint density at radius 2 is 2.00 bits per heavy atom. The van der Waals surface area contributed by atoms with Crippen molar-refractivity contribution in [1.82, 2.24) is 14.9 Å². The molecular formula is C10H12N4O5S2. The molecule has 1 aromatic carbocycles. The molecular weight excluding hydrogens is 320 g/mol. The Morgan fingerprint density at radius 3 is 2.57 bits per heavy atom. The lowest BCUT2D eigenvalue weighted by molar-refractivity contribution is 0.409. The molecule has 114 valence electrons. The van der Waals surface area contributed by atoms with Crippen molar-refractivity contribution in [2.45, 2.75) is 16.3 Å². The van der Waals surface area contributed by atoms with Gasteiger partial charge in [0.2, 0.25) is 16.4 Å². The topological polar surface area (TPSA) is 145 Å². The van der Waals surface area contributed by atoms with Crippen molar-refractivity contribution in [3.63, 3.8) is 0 Å². The number of benzene rings is 1. The van der Waals surface area contributed by atoms with Crippen LogP contribution in [0.1, 0.15) is 5.82 Å². The number of nitrogens with one attached hydrogen (secondary N) is 1. The molecule has 1 aromatic heterocycles. The van der Waals surface area contributed by atoms with E-state index in [2.05, 4.69) is 19.4 Å². The number of anilines is 1. The number of nitrogens with zero attached hydrogens (tertiary/aromatic N) is 2. The van der Waals surface area contributed by atoms with Gasteiger partial charge in [0.15, 0.2) is 15.7 Å². The Morgan fingerprint density at radius 1 is 1.29 bits per heavy atom. The summed E-state index contributed by atoms with van der Waals surface area (Å²) in [6.07, 6.45) is 2.03. The van der Waals surface area contributed by atoms with Crippen molar-refractivity contribution in [2.24, 2.45) is 0 Å². The quantitative estimate of drug-likeness (QED) is 0.699. The zero-order valence-electron chi connectivity index (χ0n) is 10.8. The van der Waals surface area contributed by atoms with E-state index < -0.39 is 19.9 Å². The van der Waals surface area contributed by atoms with Crippen molar-refractivity contribution in [1.29, 1.82) is 0 Å². The first-order valence-corrected chi connectivity index (χ1v) is 8.92. The third-order valence-corrected chi connectivity index (χ3v) is 5.10. The maximum Gasteiger partial charge on any atom is 0.243 e. The number of hydrogen-bond donors (Lipinski definition) is 2. The van der Waals surface area contributed by atoms with Crippen LogP contribution < -0.4 is 10.5 Å². The number of sulfonamides is 1. The predicted octanol–water partition coefficient (Wildman–Crippen LogP) is -0.466. The van der Waals surface area contributed by atoms with E-state index in [-0.39, 0.29) is 27.8 Å². The van der Waals surface area contributed by atoms with Crippen LogP contribution in [-0.2, 0) is 26.4 Å². The normalized spacial score (nSPS) is 12.4. The number of rotatable bonds is 5. The first-order chi connectivity index (χ1) is 9.70. The second kappa shape index (κ2) is 5.42. The molecule has 0 saturated heterocycles. The first-order valence-electron chi connectivity index (χ1n) is 5.54. The van der Waals surface area contributed by atoms with E-state index in [4.69, 9.17) is 5.73 Å². The van der Waals surface area contributed by atoms with Gasteiger partial charge in [0.05, 0.1) is 17.1 Å². The molecule has 0 saturated carbocycles. The van der Waals surface area contributed by atoms with E-state index in [0.717, 1.165) is 18.7 Å². The maximum absolute atomic E-state index is 12.2. The van der Waals surface area contributed by atoms with Gasteiger partial charge in [0, 0.05) is 6.26 Å². The molecule has 9 nitrogen and oxygen atoms in total. The summed E-state index contributed by atoms with van der Waals surface area (Å²) in [4.78, 5) is 3.19. The lowest BCUT2D eigenvalue weighted by Gasteiger charge is -2.09. The average Bonchev–Trinajstić information content (AvgIpc) is 2.88. The summed E-state index contributed by atoms with van der Waals surface area (Å²) >= 11 is 0. The molecule has 0 amide bonds.